The molecule has 226 valence electrons. The highest BCUT2D eigenvalue weighted by Gasteiger charge is 2.36. The molecule has 2 fully saturated rings. The Bertz CT molecular complexity index is 1670. The van der Waals surface area contributed by atoms with Crippen molar-refractivity contribution in [1.82, 2.24) is 18.4 Å². The third kappa shape index (κ3) is 6.31. The standard InChI is InChI=1S/C28H36N6O6S2/c1-21(2)42(38,39)33-13-12-25(19-33)40-27-26(18-30-34(28(27)35)24-6-4-3-5-7-24)31-14-16-32(17-15-31)41(36,37)20-22-8-10-23(29)11-9-22/h3-11,18,21,25H,12-17,19-20,29H2,1-2H3. The zero-order chi connectivity index (χ0) is 30.1. The summed E-state index contributed by atoms with van der Waals surface area (Å²) >= 11 is 0. The van der Waals surface area contributed by atoms with Gasteiger partial charge >= 0.3 is 5.56 Å². The molecule has 0 aliphatic carbocycles. The van der Waals surface area contributed by atoms with Gasteiger partial charge in [-0.3, -0.25) is 4.79 Å². The lowest BCUT2D eigenvalue weighted by molar-refractivity contribution is 0.211. The van der Waals surface area contributed by atoms with Gasteiger partial charge in [-0.05, 0) is 50.1 Å². The van der Waals surface area contributed by atoms with Crippen molar-refractivity contribution >= 4 is 31.4 Å². The maximum atomic E-state index is 13.8. The van der Waals surface area contributed by atoms with Crippen molar-refractivity contribution in [2.45, 2.75) is 37.4 Å². The van der Waals surface area contributed by atoms with E-state index in [1.54, 1.807) is 68.6 Å². The number of piperazine rings is 1. The second-order valence-corrected chi connectivity index (χ2v) is 15.2. The van der Waals surface area contributed by atoms with Crippen molar-refractivity contribution in [1.29, 1.82) is 0 Å². The molecule has 1 unspecified atom stereocenters. The maximum absolute atomic E-state index is 13.8. The monoisotopic (exact) mass is 616 g/mol. The van der Waals surface area contributed by atoms with E-state index < -0.39 is 37.0 Å². The molecule has 0 radical (unpaired) electrons. The van der Waals surface area contributed by atoms with Crippen LogP contribution in [0.2, 0.25) is 0 Å². The minimum atomic E-state index is -3.57. The molecule has 3 heterocycles. The van der Waals surface area contributed by atoms with Crippen molar-refractivity contribution < 1.29 is 21.6 Å². The number of rotatable bonds is 9. The van der Waals surface area contributed by atoms with Crippen LogP contribution in [-0.4, -0.2) is 85.8 Å². The summed E-state index contributed by atoms with van der Waals surface area (Å²) in [7, 11) is -7.03. The van der Waals surface area contributed by atoms with E-state index in [-0.39, 0.29) is 31.1 Å². The lowest BCUT2D eigenvalue weighted by atomic mass is 10.2. The van der Waals surface area contributed by atoms with Crippen molar-refractivity contribution in [2.24, 2.45) is 0 Å². The molecule has 2 saturated heterocycles. The van der Waals surface area contributed by atoms with Crippen molar-refractivity contribution in [3.05, 3.63) is 76.7 Å². The predicted molar refractivity (Wildman–Crippen MR) is 162 cm³/mol. The molecule has 12 nitrogen and oxygen atoms in total. The van der Waals surface area contributed by atoms with Gasteiger partial charge in [-0.15, -0.1) is 0 Å². The van der Waals surface area contributed by atoms with E-state index in [0.717, 1.165) is 0 Å². The van der Waals surface area contributed by atoms with Crippen LogP contribution in [0.4, 0.5) is 11.4 Å². The first-order valence-corrected chi connectivity index (χ1v) is 17.0. The van der Waals surface area contributed by atoms with Gasteiger partial charge < -0.3 is 15.4 Å². The number of anilines is 2. The Kier molecular flexibility index (Phi) is 8.60. The summed E-state index contributed by atoms with van der Waals surface area (Å²) in [5.74, 6) is -0.0610. The highest BCUT2D eigenvalue weighted by molar-refractivity contribution is 7.89. The fraction of sp³-hybridized carbons (Fsp3) is 0.429. The van der Waals surface area contributed by atoms with Crippen molar-refractivity contribution in [3.8, 4) is 11.4 Å². The van der Waals surface area contributed by atoms with Crippen LogP contribution in [0.3, 0.4) is 0 Å². The quantitative estimate of drug-likeness (QED) is 0.355. The average Bonchev–Trinajstić information content (AvgIpc) is 3.45. The highest BCUT2D eigenvalue weighted by Crippen LogP contribution is 2.29. The summed E-state index contributed by atoms with van der Waals surface area (Å²) < 4.78 is 62.1. The summed E-state index contributed by atoms with van der Waals surface area (Å²) in [6.07, 6.45) is 1.48. The van der Waals surface area contributed by atoms with Gasteiger partial charge in [0.2, 0.25) is 25.8 Å². The molecule has 0 saturated carbocycles. The number of benzene rings is 2. The molecule has 5 rings (SSSR count). The lowest BCUT2D eigenvalue weighted by Crippen LogP contribution is -2.49. The fourth-order valence-corrected chi connectivity index (χ4v) is 7.98. The number of hydrogen-bond donors (Lipinski definition) is 1. The van der Waals surface area contributed by atoms with E-state index in [0.29, 0.717) is 48.7 Å². The molecule has 1 atom stereocenters. The second-order valence-electron chi connectivity index (χ2n) is 10.8. The van der Waals surface area contributed by atoms with E-state index in [1.165, 1.54) is 13.3 Å². The molecule has 14 heteroatoms. The maximum Gasteiger partial charge on any atom is 0.316 e. The topological polar surface area (TPSA) is 148 Å². The molecule has 2 N–H and O–H groups in total. The number of hydrogen-bond acceptors (Lipinski definition) is 9. The Morgan fingerprint density at radius 3 is 2.24 bits per heavy atom. The Labute approximate surface area is 246 Å². The third-order valence-electron chi connectivity index (χ3n) is 7.56. The number of aromatic nitrogens is 2. The Morgan fingerprint density at radius 2 is 1.60 bits per heavy atom. The molecular formula is C28H36N6O6S2. The normalized spacial score (nSPS) is 18.9. The molecule has 0 amide bonds. The molecule has 2 aromatic carbocycles. The molecule has 1 aromatic heterocycles. The van der Waals surface area contributed by atoms with Gasteiger partial charge in [0.25, 0.3) is 0 Å². The molecular weight excluding hydrogens is 580 g/mol. The first kappa shape index (κ1) is 30.0. The highest BCUT2D eigenvalue weighted by atomic mass is 32.2. The van der Waals surface area contributed by atoms with E-state index >= 15 is 0 Å². The first-order valence-electron chi connectivity index (χ1n) is 13.9. The van der Waals surface area contributed by atoms with Crippen LogP contribution in [-0.2, 0) is 25.8 Å². The summed E-state index contributed by atoms with van der Waals surface area (Å²) in [4.78, 5) is 15.7. The fourth-order valence-electron chi connectivity index (χ4n) is 5.13. The van der Waals surface area contributed by atoms with E-state index in [9.17, 15) is 21.6 Å². The van der Waals surface area contributed by atoms with Crippen LogP contribution < -0.4 is 20.9 Å². The first-order chi connectivity index (χ1) is 20.0. The number of nitrogens with two attached hydrogens (primary N) is 1. The van der Waals surface area contributed by atoms with Gasteiger partial charge in [-0.2, -0.15) is 18.4 Å². The smallest absolute Gasteiger partial charge is 0.316 e. The van der Waals surface area contributed by atoms with Gasteiger partial charge in [-0.1, -0.05) is 30.3 Å². The Balaban J connectivity index is 1.38. The summed E-state index contributed by atoms with van der Waals surface area (Å²) in [6.45, 7) is 4.83. The predicted octanol–water partition coefficient (Wildman–Crippen LogP) is 1.66. The van der Waals surface area contributed by atoms with Crippen LogP contribution in [0.5, 0.6) is 5.75 Å². The molecule has 2 aliphatic heterocycles. The van der Waals surface area contributed by atoms with Crippen LogP contribution in [0, 0.1) is 0 Å². The van der Waals surface area contributed by atoms with E-state index in [1.807, 2.05) is 11.0 Å². The van der Waals surface area contributed by atoms with Crippen LogP contribution >= 0.6 is 0 Å². The summed E-state index contributed by atoms with van der Waals surface area (Å²) in [6, 6.07) is 15.7. The average molecular weight is 617 g/mol. The van der Waals surface area contributed by atoms with E-state index in [2.05, 4.69) is 5.10 Å². The zero-order valence-corrected chi connectivity index (χ0v) is 25.3. The van der Waals surface area contributed by atoms with Crippen LogP contribution in [0.15, 0.2) is 65.6 Å². The molecule has 42 heavy (non-hydrogen) atoms. The van der Waals surface area contributed by atoms with Gasteiger partial charge in [0.15, 0.2) is 0 Å². The minimum Gasteiger partial charge on any atom is -0.481 e. The van der Waals surface area contributed by atoms with Crippen LogP contribution in [0.25, 0.3) is 5.69 Å². The molecule has 3 aromatic rings. The second kappa shape index (κ2) is 12.0. The van der Waals surface area contributed by atoms with Gasteiger partial charge in [-0.25, -0.2) is 16.8 Å². The molecule has 0 bridgehead atoms. The number of ether oxygens (including phenoxy) is 1. The largest absolute Gasteiger partial charge is 0.481 e. The lowest BCUT2D eigenvalue weighted by Gasteiger charge is -2.36. The number of sulfonamides is 2. The Hall–Kier alpha value is -3.46. The number of nitrogen functional groups attached to an aromatic ring is 1. The van der Waals surface area contributed by atoms with Crippen molar-refractivity contribution in [3.63, 3.8) is 0 Å². The molecule has 0 spiro atoms. The minimum absolute atomic E-state index is 0.0702. The third-order valence-corrected chi connectivity index (χ3v) is 11.7. The summed E-state index contributed by atoms with van der Waals surface area (Å²) in [5, 5.41) is 3.84. The Morgan fingerprint density at radius 1 is 0.929 bits per heavy atom. The van der Waals surface area contributed by atoms with Crippen LogP contribution in [0.1, 0.15) is 25.8 Å². The van der Waals surface area contributed by atoms with E-state index in [4.69, 9.17) is 10.5 Å². The number of para-hydroxylation sites is 1. The number of nitrogens with zero attached hydrogens (tertiary/aromatic N) is 5. The van der Waals surface area contributed by atoms with Gasteiger partial charge in [0.1, 0.15) is 11.8 Å². The molecule has 2 aliphatic rings. The van der Waals surface area contributed by atoms with Gasteiger partial charge in [0, 0.05) is 38.4 Å². The SMILES string of the molecule is CC(C)S(=O)(=O)N1CCC(Oc2c(N3CCN(S(=O)(=O)Cc4ccc(N)cc4)CC3)cnn(-c3ccccc3)c2=O)C1. The van der Waals surface area contributed by atoms with Crippen molar-refractivity contribution in [2.75, 3.05) is 49.9 Å². The summed E-state index contributed by atoms with van der Waals surface area (Å²) in [5.41, 5.74) is 7.49. The zero-order valence-electron chi connectivity index (χ0n) is 23.7. The van der Waals surface area contributed by atoms with Gasteiger partial charge in [0.05, 0.1) is 29.4 Å².